The van der Waals surface area contributed by atoms with Crippen molar-refractivity contribution in [2.75, 3.05) is 32.7 Å². The van der Waals surface area contributed by atoms with Gasteiger partial charge in [0, 0.05) is 53.2 Å². The first-order valence-corrected chi connectivity index (χ1v) is 14.4. The van der Waals surface area contributed by atoms with Crippen LogP contribution in [0.15, 0.2) is 85.4 Å². The van der Waals surface area contributed by atoms with Crippen LogP contribution in [-0.4, -0.2) is 53.5 Å². The molecule has 0 aromatic heterocycles. The number of carbonyl (C=O) groups excluding carboxylic acids is 1. The maximum absolute atomic E-state index is 13.1. The van der Waals surface area contributed by atoms with Crippen LogP contribution in [0.3, 0.4) is 0 Å². The Morgan fingerprint density at radius 3 is 2.62 bits per heavy atom. The Kier molecular flexibility index (Phi) is 9.32. The number of phenolic OH excluding ortho intramolecular Hbond substituents is 1. The van der Waals surface area contributed by atoms with Crippen LogP contribution in [0.4, 0.5) is 0 Å². The average molecular weight is 579 g/mol. The summed E-state index contributed by atoms with van der Waals surface area (Å²) in [5.74, 6) is 1.23. The van der Waals surface area contributed by atoms with Crippen molar-refractivity contribution in [2.45, 2.75) is 25.2 Å². The normalized spacial score (nSPS) is 15.9. The van der Waals surface area contributed by atoms with Gasteiger partial charge in [-0.25, -0.2) is 0 Å². The maximum atomic E-state index is 13.1. The van der Waals surface area contributed by atoms with E-state index in [-0.39, 0.29) is 11.7 Å². The number of hydrogen-bond acceptors (Lipinski definition) is 5. The Morgan fingerprint density at radius 1 is 1.00 bits per heavy atom. The minimum atomic E-state index is -0.0449. The molecule has 2 heterocycles. The summed E-state index contributed by atoms with van der Waals surface area (Å²) in [5.41, 5.74) is 3.68. The largest absolute Gasteiger partial charge is 0.508 e. The highest BCUT2D eigenvalue weighted by Crippen LogP contribution is 2.31. The molecule has 6 nitrogen and oxygen atoms in total. The number of phenols is 1. The highest BCUT2D eigenvalue weighted by molar-refractivity contribution is 6.35. The second kappa shape index (κ2) is 13.3. The van der Waals surface area contributed by atoms with Gasteiger partial charge >= 0.3 is 0 Å². The summed E-state index contributed by atoms with van der Waals surface area (Å²) >= 11 is 12.3. The lowest BCUT2D eigenvalue weighted by Gasteiger charge is -2.34. The van der Waals surface area contributed by atoms with Crippen LogP contribution in [0.5, 0.6) is 5.75 Å². The monoisotopic (exact) mass is 577 g/mol. The van der Waals surface area contributed by atoms with Crippen molar-refractivity contribution in [2.24, 2.45) is 0 Å². The maximum Gasteiger partial charge on any atom is 0.251 e. The fourth-order valence-electron chi connectivity index (χ4n) is 5.26. The third-order valence-electron chi connectivity index (χ3n) is 7.46. The molecule has 3 aromatic rings. The number of ether oxygens (including phenoxy) is 1. The number of nitrogens with one attached hydrogen (secondary N) is 1. The van der Waals surface area contributed by atoms with Crippen molar-refractivity contribution in [1.82, 2.24) is 15.1 Å². The number of benzene rings is 3. The van der Waals surface area contributed by atoms with Crippen LogP contribution < -0.4 is 5.32 Å². The molecule has 2 aliphatic heterocycles. The molecule has 1 saturated heterocycles. The lowest BCUT2D eigenvalue weighted by molar-refractivity contribution is 0.0951. The number of piperidine rings is 1. The van der Waals surface area contributed by atoms with Gasteiger partial charge in [0.05, 0.1) is 0 Å². The third-order valence-corrected chi connectivity index (χ3v) is 8.05. The lowest BCUT2D eigenvalue weighted by atomic mass is 9.86. The van der Waals surface area contributed by atoms with E-state index in [0.29, 0.717) is 34.7 Å². The fraction of sp³-hybridized carbons (Fsp3) is 0.281. The Labute approximate surface area is 245 Å². The first-order valence-electron chi connectivity index (χ1n) is 13.6. The molecule has 0 atom stereocenters. The predicted molar refractivity (Wildman–Crippen MR) is 160 cm³/mol. The van der Waals surface area contributed by atoms with Crippen LogP contribution in [0, 0.1) is 0 Å². The second-order valence-electron chi connectivity index (χ2n) is 10.1. The molecule has 0 bridgehead atoms. The van der Waals surface area contributed by atoms with E-state index in [1.54, 1.807) is 30.5 Å². The number of rotatable bonds is 9. The van der Waals surface area contributed by atoms with Gasteiger partial charge in [0.1, 0.15) is 17.8 Å². The van der Waals surface area contributed by atoms with Crippen molar-refractivity contribution in [1.29, 1.82) is 0 Å². The summed E-state index contributed by atoms with van der Waals surface area (Å²) in [4.78, 5) is 17.7. The molecule has 3 aromatic carbocycles. The number of hydrogen-bond donors (Lipinski definition) is 2. The van der Waals surface area contributed by atoms with Gasteiger partial charge in [-0.15, -0.1) is 0 Å². The Balaban J connectivity index is 1.12. The SMILES string of the molecule is O=C(NCCc1ccc(Cl)cc1Cl)c1ccccc1C1CCN(CCN2C=COC(c3cccc(O)c3)=C2)CC1. The molecule has 0 radical (unpaired) electrons. The zero-order valence-electron chi connectivity index (χ0n) is 22.2. The van der Waals surface area contributed by atoms with Gasteiger partial charge in [0.25, 0.3) is 5.91 Å². The molecule has 5 rings (SSSR count). The fourth-order valence-corrected chi connectivity index (χ4v) is 5.76. The summed E-state index contributed by atoms with van der Waals surface area (Å²) in [5, 5.41) is 14.1. The van der Waals surface area contributed by atoms with E-state index in [4.69, 9.17) is 27.9 Å². The minimum Gasteiger partial charge on any atom is -0.508 e. The summed E-state index contributed by atoms with van der Waals surface area (Å²) in [6, 6.07) is 20.5. The molecular weight excluding hydrogens is 545 g/mol. The smallest absolute Gasteiger partial charge is 0.251 e. The van der Waals surface area contributed by atoms with Gasteiger partial charge in [-0.05, 0) is 79.7 Å². The molecule has 2 N–H and O–H groups in total. The molecule has 0 spiro atoms. The van der Waals surface area contributed by atoms with Gasteiger partial charge in [0.15, 0.2) is 0 Å². The molecule has 0 aliphatic carbocycles. The van der Waals surface area contributed by atoms with Gasteiger partial charge in [-0.1, -0.05) is 59.6 Å². The van der Waals surface area contributed by atoms with E-state index >= 15 is 0 Å². The third kappa shape index (κ3) is 7.19. The van der Waals surface area contributed by atoms with E-state index in [9.17, 15) is 9.90 Å². The first kappa shape index (κ1) is 28.1. The molecular formula is C32H33Cl2N3O3. The van der Waals surface area contributed by atoms with Gasteiger partial charge < -0.3 is 25.0 Å². The predicted octanol–water partition coefficient (Wildman–Crippen LogP) is 6.65. The zero-order valence-corrected chi connectivity index (χ0v) is 23.7. The average Bonchev–Trinajstić information content (AvgIpc) is 2.97. The van der Waals surface area contributed by atoms with Crippen LogP contribution in [0.2, 0.25) is 10.0 Å². The van der Waals surface area contributed by atoms with Crippen molar-refractivity contribution >= 4 is 34.9 Å². The molecule has 0 saturated carbocycles. The lowest BCUT2D eigenvalue weighted by Crippen LogP contribution is -2.38. The number of aromatic hydroxyl groups is 1. The number of likely N-dealkylation sites (tertiary alicyclic amines) is 1. The quantitative estimate of drug-likeness (QED) is 0.298. The number of amides is 1. The molecule has 8 heteroatoms. The summed E-state index contributed by atoms with van der Waals surface area (Å²) in [7, 11) is 0. The molecule has 1 fully saturated rings. The van der Waals surface area contributed by atoms with Gasteiger partial charge in [-0.3, -0.25) is 4.79 Å². The highest BCUT2D eigenvalue weighted by Gasteiger charge is 2.24. The summed E-state index contributed by atoms with van der Waals surface area (Å²) < 4.78 is 5.66. The van der Waals surface area contributed by atoms with E-state index in [0.717, 1.165) is 61.3 Å². The number of carbonyl (C=O) groups is 1. The molecule has 1 amide bonds. The summed E-state index contributed by atoms with van der Waals surface area (Å²) in [6.45, 7) is 4.23. The minimum absolute atomic E-state index is 0.0449. The topological polar surface area (TPSA) is 65.0 Å². The second-order valence-corrected chi connectivity index (χ2v) is 11.0. The Bertz CT molecular complexity index is 1400. The van der Waals surface area contributed by atoms with Crippen molar-refractivity contribution < 1.29 is 14.6 Å². The van der Waals surface area contributed by atoms with Gasteiger partial charge in [-0.2, -0.15) is 0 Å². The molecule has 208 valence electrons. The van der Waals surface area contributed by atoms with E-state index in [2.05, 4.69) is 21.2 Å². The first-order chi connectivity index (χ1) is 19.5. The number of halogens is 2. The van der Waals surface area contributed by atoms with E-state index in [1.165, 1.54) is 0 Å². The van der Waals surface area contributed by atoms with Crippen LogP contribution in [0.25, 0.3) is 5.76 Å². The number of nitrogens with zero attached hydrogens (tertiary/aromatic N) is 2. The zero-order chi connectivity index (χ0) is 27.9. The van der Waals surface area contributed by atoms with Crippen LogP contribution in [0.1, 0.15) is 45.8 Å². The van der Waals surface area contributed by atoms with Crippen molar-refractivity contribution in [3.8, 4) is 5.75 Å². The van der Waals surface area contributed by atoms with E-state index in [1.807, 2.05) is 48.8 Å². The van der Waals surface area contributed by atoms with Gasteiger partial charge in [0.2, 0.25) is 0 Å². The Morgan fingerprint density at radius 2 is 1.82 bits per heavy atom. The summed E-state index contributed by atoms with van der Waals surface area (Å²) in [6.07, 6.45) is 8.23. The van der Waals surface area contributed by atoms with E-state index < -0.39 is 0 Å². The standard InChI is InChI=1S/C32H33Cl2N3O3/c33-26-9-8-24(30(34)21-26)10-13-35-32(39)29-7-2-1-6-28(29)23-11-14-36(15-12-23)16-17-37-18-19-40-31(22-37)25-4-3-5-27(38)20-25/h1-9,18-23,38H,10-17H2,(H,35,39). The Hall–Kier alpha value is -3.45. The van der Waals surface area contributed by atoms with Crippen molar-refractivity contribution in [3.63, 3.8) is 0 Å². The molecule has 2 aliphatic rings. The molecule has 0 unspecified atom stereocenters. The molecule has 40 heavy (non-hydrogen) atoms. The van der Waals surface area contributed by atoms with Crippen LogP contribution in [-0.2, 0) is 11.2 Å². The van der Waals surface area contributed by atoms with Crippen LogP contribution >= 0.6 is 23.2 Å². The van der Waals surface area contributed by atoms with Crippen molar-refractivity contribution in [3.05, 3.63) is 118 Å². The highest BCUT2D eigenvalue weighted by atomic mass is 35.5.